The number of rotatable bonds is 6. The van der Waals surface area contributed by atoms with Gasteiger partial charge >= 0.3 is 0 Å². The van der Waals surface area contributed by atoms with E-state index in [2.05, 4.69) is 27.1 Å². The minimum atomic E-state index is -0.0477. The number of likely N-dealkylation sites (N-methyl/N-ethyl adjacent to an activating group) is 1. The molecule has 0 saturated carbocycles. The van der Waals surface area contributed by atoms with Crippen molar-refractivity contribution < 1.29 is 9.15 Å². The zero-order chi connectivity index (χ0) is 18.8. The molecule has 1 unspecified atom stereocenters. The van der Waals surface area contributed by atoms with E-state index in [4.69, 9.17) is 9.15 Å². The third-order valence-electron chi connectivity index (χ3n) is 5.28. The van der Waals surface area contributed by atoms with E-state index in [1.165, 1.54) is 19.2 Å². The van der Waals surface area contributed by atoms with Crippen molar-refractivity contribution in [1.82, 2.24) is 14.9 Å². The standard InChI is InChI=1S/C20H24N4O3/c1-3-24-6-4-5-13(24)10-22-20-9-17(25)14-7-15(19-11-21-12-27-19)18(26-2)8-16(14)23-20/h7-9,11-13H,3-6,10H2,1-2H3,(H2,22,23,25). The minimum absolute atomic E-state index is 0.0477. The SMILES string of the molecule is CCN1CCCC1CNc1cc(=O)c2cc(-c3cnco3)c(OC)cc2[nH]1. The van der Waals surface area contributed by atoms with Crippen molar-refractivity contribution in [1.29, 1.82) is 0 Å². The Labute approximate surface area is 157 Å². The van der Waals surface area contributed by atoms with E-state index < -0.39 is 0 Å². The first kappa shape index (κ1) is 17.6. The molecular formula is C20H24N4O3. The van der Waals surface area contributed by atoms with Crippen LogP contribution in [0.1, 0.15) is 19.8 Å². The number of hydrogen-bond acceptors (Lipinski definition) is 6. The second-order valence-electron chi connectivity index (χ2n) is 6.82. The fourth-order valence-corrected chi connectivity index (χ4v) is 3.85. The Morgan fingerprint density at radius 3 is 3.04 bits per heavy atom. The molecular weight excluding hydrogens is 344 g/mol. The number of fused-ring (bicyclic) bond motifs is 1. The average molecular weight is 368 g/mol. The van der Waals surface area contributed by atoms with Gasteiger partial charge in [0.25, 0.3) is 0 Å². The van der Waals surface area contributed by atoms with Gasteiger partial charge in [-0.15, -0.1) is 0 Å². The van der Waals surface area contributed by atoms with Crippen LogP contribution in [-0.2, 0) is 0 Å². The summed E-state index contributed by atoms with van der Waals surface area (Å²) in [7, 11) is 1.60. The van der Waals surface area contributed by atoms with Crippen LogP contribution in [0.15, 0.2) is 40.0 Å². The number of aromatic nitrogens is 2. The number of aromatic amines is 1. The van der Waals surface area contributed by atoms with E-state index in [0.717, 1.165) is 31.0 Å². The zero-order valence-corrected chi connectivity index (χ0v) is 15.6. The highest BCUT2D eigenvalue weighted by molar-refractivity contribution is 5.88. The minimum Gasteiger partial charge on any atom is -0.496 e. The molecule has 7 heteroatoms. The molecule has 1 aliphatic rings. The van der Waals surface area contributed by atoms with Gasteiger partial charge in [0, 0.05) is 30.1 Å². The Morgan fingerprint density at radius 1 is 1.41 bits per heavy atom. The number of anilines is 1. The normalized spacial score (nSPS) is 17.5. The fraction of sp³-hybridized carbons (Fsp3) is 0.400. The van der Waals surface area contributed by atoms with Gasteiger partial charge in [0.15, 0.2) is 17.6 Å². The topological polar surface area (TPSA) is 83.4 Å². The first-order chi connectivity index (χ1) is 13.2. The van der Waals surface area contributed by atoms with Crippen LogP contribution in [0.3, 0.4) is 0 Å². The van der Waals surface area contributed by atoms with Crippen molar-refractivity contribution in [3.05, 3.63) is 41.0 Å². The summed E-state index contributed by atoms with van der Waals surface area (Å²) in [6, 6.07) is 5.74. The number of ether oxygens (including phenoxy) is 1. The van der Waals surface area contributed by atoms with Gasteiger partial charge in [0.1, 0.15) is 11.6 Å². The monoisotopic (exact) mass is 368 g/mol. The van der Waals surface area contributed by atoms with Crippen molar-refractivity contribution in [3.8, 4) is 17.1 Å². The van der Waals surface area contributed by atoms with Gasteiger partial charge in [0.2, 0.25) is 0 Å². The summed E-state index contributed by atoms with van der Waals surface area (Å²) in [5, 5.41) is 3.98. The van der Waals surface area contributed by atoms with E-state index in [0.29, 0.717) is 28.5 Å². The summed E-state index contributed by atoms with van der Waals surface area (Å²) in [6.07, 6.45) is 5.39. The van der Waals surface area contributed by atoms with E-state index >= 15 is 0 Å². The van der Waals surface area contributed by atoms with Gasteiger partial charge in [-0.05, 0) is 32.0 Å². The van der Waals surface area contributed by atoms with Crippen molar-refractivity contribution in [3.63, 3.8) is 0 Å². The predicted molar refractivity (Wildman–Crippen MR) is 105 cm³/mol. The molecule has 0 bridgehead atoms. The molecule has 1 atom stereocenters. The number of pyridine rings is 1. The van der Waals surface area contributed by atoms with Crippen molar-refractivity contribution in [2.75, 3.05) is 32.1 Å². The summed E-state index contributed by atoms with van der Waals surface area (Å²) >= 11 is 0. The summed E-state index contributed by atoms with van der Waals surface area (Å²) < 4.78 is 10.9. The molecule has 27 heavy (non-hydrogen) atoms. The number of oxazole rings is 1. The van der Waals surface area contributed by atoms with E-state index in [-0.39, 0.29) is 5.43 Å². The molecule has 1 fully saturated rings. The highest BCUT2D eigenvalue weighted by atomic mass is 16.5. The average Bonchev–Trinajstić information content (AvgIpc) is 3.37. The number of nitrogens with zero attached hydrogens (tertiary/aromatic N) is 2. The number of methoxy groups -OCH3 is 1. The Hall–Kier alpha value is -2.80. The lowest BCUT2D eigenvalue weighted by molar-refractivity contribution is 0.277. The van der Waals surface area contributed by atoms with Crippen molar-refractivity contribution in [2.45, 2.75) is 25.8 Å². The number of nitrogens with one attached hydrogen (secondary N) is 2. The maximum atomic E-state index is 12.7. The molecule has 0 amide bonds. The molecule has 2 aromatic heterocycles. The van der Waals surface area contributed by atoms with Crippen molar-refractivity contribution >= 4 is 16.7 Å². The maximum Gasteiger partial charge on any atom is 0.191 e. The van der Waals surface area contributed by atoms with E-state index in [1.54, 1.807) is 25.4 Å². The van der Waals surface area contributed by atoms with Gasteiger partial charge in [-0.2, -0.15) is 0 Å². The number of benzene rings is 1. The summed E-state index contributed by atoms with van der Waals surface area (Å²) in [6.45, 7) is 5.22. The first-order valence-corrected chi connectivity index (χ1v) is 9.31. The quantitative estimate of drug-likeness (QED) is 0.696. The van der Waals surface area contributed by atoms with Gasteiger partial charge in [-0.1, -0.05) is 6.92 Å². The molecule has 1 saturated heterocycles. The van der Waals surface area contributed by atoms with Crippen molar-refractivity contribution in [2.24, 2.45) is 0 Å². The largest absolute Gasteiger partial charge is 0.496 e. The second-order valence-corrected chi connectivity index (χ2v) is 6.82. The van der Waals surface area contributed by atoms with Gasteiger partial charge < -0.3 is 19.5 Å². The highest BCUT2D eigenvalue weighted by Crippen LogP contribution is 2.32. The zero-order valence-electron chi connectivity index (χ0n) is 15.6. The van der Waals surface area contributed by atoms with Crippen LogP contribution in [0.2, 0.25) is 0 Å². The Morgan fingerprint density at radius 2 is 2.30 bits per heavy atom. The third-order valence-corrected chi connectivity index (χ3v) is 5.28. The molecule has 1 aliphatic heterocycles. The van der Waals surface area contributed by atoms with Crippen LogP contribution in [0.5, 0.6) is 5.75 Å². The Kier molecular flexibility index (Phi) is 4.85. The first-order valence-electron chi connectivity index (χ1n) is 9.31. The Balaban J connectivity index is 1.65. The number of hydrogen-bond donors (Lipinski definition) is 2. The second kappa shape index (κ2) is 7.44. The van der Waals surface area contributed by atoms with E-state index in [1.807, 2.05) is 6.07 Å². The summed E-state index contributed by atoms with van der Waals surface area (Å²) in [4.78, 5) is 22.4. The molecule has 2 N–H and O–H groups in total. The van der Waals surface area contributed by atoms with Crippen LogP contribution < -0.4 is 15.5 Å². The third kappa shape index (κ3) is 3.42. The summed E-state index contributed by atoms with van der Waals surface area (Å²) in [5.74, 6) is 1.92. The molecule has 3 heterocycles. The van der Waals surface area contributed by atoms with E-state index in [9.17, 15) is 4.79 Å². The van der Waals surface area contributed by atoms with Crippen LogP contribution in [0, 0.1) is 0 Å². The molecule has 0 aliphatic carbocycles. The highest BCUT2D eigenvalue weighted by Gasteiger charge is 2.22. The smallest absolute Gasteiger partial charge is 0.191 e. The number of H-pyrrole nitrogens is 1. The lowest BCUT2D eigenvalue weighted by Gasteiger charge is -2.23. The maximum absolute atomic E-state index is 12.7. The fourth-order valence-electron chi connectivity index (χ4n) is 3.85. The lowest BCUT2D eigenvalue weighted by atomic mass is 10.1. The molecule has 7 nitrogen and oxygen atoms in total. The number of likely N-dealkylation sites (tertiary alicyclic amines) is 1. The lowest BCUT2D eigenvalue weighted by Crippen LogP contribution is -2.34. The molecule has 0 radical (unpaired) electrons. The Bertz CT molecular complexity index is 981. The van der Waals surface area contributed by atoms with Gasteiger partial charge in [-0.25, -0.2) is 4.98 Å². The van der Waals surface area contributed by atoms with Crippen LogP contribution >= 0.6 is 0 Å². The molecule has 4 rings (SSSR count). The van der Waals surface area contributed by atoms with Gasteiger partial charge in [-0.3, -0.25) is 9.69 Å². The molecule has 3 aromatic rings. The molecule has 142 valence electrons. The molecule has 1 aromatic carbocycles. The van der Waals surface area contributed by atoms with Gasteiger partial charge in [0.05, 0.1) is 24.4 Å². The summed E-state index contributed by atoms with van der Waals surface area (Å²) in [5.41, 5.74) is 1.38. The van der Waals surface area contributed by atoms with Crippen LogP contribution in [0.4, 0.5) is 5.82 Å². The van der Waals surface area contributed by atoms with Crippen LogP contribution in [-0.4, -0.2) is 47.7 Å². The predicted octanol–water partition coefficient (Wildman–Crippen LogP) is 3.09. The molecule has 0 spiro atoms. The van der Waals surface area contributed by atoms with Crippen LogP contribution in [0.25, 0.3) is 22.2 Å².